The number of benzene rings is 2. The van der Waals surface area contributed by atoms with E-state index >= 15 is 0 Å². The Morgan fingerprint density at radius 2 is 1.53 bits per heavy atom. The van der Waals surface area contributed by atoms with E-state index in [-0.39, 0.29) is 0 Å². The van der Waals surface area contributed by atoms with Crippen LogP contribution in [0.2, 0.25) is 0 Å². The Morgan fingerprint density at radius 3 is 2.26 bits per heavy atom. The maximum Gasteiger partial charge on any atom is 0.135 e. The molecule has 3 rings (SSSR count). The maximum absolute atomic E-state index is 5.83. The van der Waals surface area contributed by atoms with Crippen molar-refractivity contribution in [3.05, 3.63) is 59.4 Å². The summed E-state index contributed by atoms with van der Waals surface area (Å²) in [6.45, 7) is 6.25. The first-order chi connectivity index (χ1) is 9.13. The summed E-state index contributed by atoms with van der Waals surface area (Å²) in [6.07, 6.45) is 0. The fraction of sp³-hybridized carbons (Fsp3) is 0.176. The molecule has 0 fully saturated rings. The molecule has 1 nitrogen and oxygen atoms in total. The summed E-state index contributed by atoms with van der Waals surface area (Å²) in [7, 11) is 0. The molecular weight excluding hydrogens is 252 g/mol. The average Bonchev–Trinajstić information content (AvgIpc) is 2.69. The van der Waals surface area contributed by atoms with Gasteiger partial charge in [-0.15, -0.1) is 0 Å². The molecule has 96 valence electrons. The van der Waals surface area contributed by atoms with Crippen molar-refractivity contribution >= 4 is 22.7 Å². The van der Waals surface area contributed by atoms with Crippen molar-refractivity contribution < 1.29 is 4.42 Å². The van der Waals surface area contributed by atoms with E-state index in [0.29, 0.717) is 0 Å². The van der Waals surface area contributed by atoms with E-state index in [4.69, 9.17) is 4.42 Å². The van der Waals surface area contributed by atoms with E-state index < -0.39 is 0 Å². The number of rotatable bonds is 2. The zero-order valence-corrected chi connectivity index (χ0v) is 12.2. The molecule has 0 saturated heterocycles. The van der Waals surface area contributed by atoms with Crippen LogP contribution in [0.5, 0.6) is 0 Å². The van der Waals surface area contributed by atoms with Gasteiger partial charge in [0.1, 0.15) is 11.3 Å². The molecule has 0 unspecified atom stereocenters. The molecule has 0 spiro atoms. The zero-order chi connectivity index (χ0) is 13.4. The molecule has 0 saturated carbocycles. The van der Waals surface area contributed by atoms with Crippen molar-refractivity contribution in [2.75, 3.05) is 0 Å². The monoisotopic (exact) mass is 268 g/mol. The van der Waals surface area contributed by atoms with Crippen LogP contribution in [0.15, 0.2) is 56.7 Å². The van der Waals surface area contributed by atoms with Crippen molar-refractivity contribution in [3.8, 4) is 0 Å². The summed E-state index contributed by atoms with van der Waals surface area (Å²) in [5, 5.41) is 1.21. The lowest BCUT2D eigenvalue weighted by Gasteiger charge is -2.02. The Kier molecular flexibility index (Phi) is 3.11. The van der Waals surface area contributed by atoms with Gasteiger partial charge in [0.25, 0.3) is 0 Å². The van der Waals surface area contributed by atoms with Crippen LogP contribution in [0.25, 0.3) is 11.0 Å². The molecule has 0 aliphatic carbocycles. The third-order valence-electron chi connectivity index (χ3n) is 3.20. The van der Waals surface area contributed by atoms with E-state index in [2.05, 4.69) is 56.3 Å². The van der Waals surface area contributed by atoms with Crippen LogP contribution in [0.3, 0.4) is 0 Å². The molecule has 0 aliphatic rings. The Hall–Kier alpha value is -1.67. The van der Waals surface area contributed by atoms with E-state index in [1.165, 1.54) is 26.3 Å². The Labute approximate surface area is 117 Å². The fourth-order valence-corrected chi connectivity index (χ4v) is 3.12. The predicted molar refractivity (Wildman–Crippen MR) is 81.0 cm³/mol. The molecule has 0 N–H and O–H groups in total. The predicted octanol–water partition coefficient (Wildman–Crippen LogP) is 5.51. The van der Waals surface area contributed by atoms with Crippen molar-refractivity contribution in [3.63, 3.8) is 0 Å². The molecule has 1 heterocycles. The second kappa shape index (κ2) is 4.78. The van der Waals surface area contributed by atoms with Crippen molar-refractivity contribution in [1.29, 1.82) is 0 Å². The lowest BCUT2D eigenvalue weighted by atomic mass is 10.2. The molecule has 3 aromatic rings. The van der Waals surface area contributed by atoms with Crippen LogP contribution in [-0.2, 0) is 0 Å². The minimum Gasteiger partial charge on any atom is -0.460 e. The summed E-state index contributed by atoms with van der Waals surface area (Å²) >= 11 is 1.77. The number of furan rings is 1. The topological polar surface area (TPSA) is 13.1 Å². The standard InChI is InChI=1S/C17H16OS/c1-11-4-7-14(8-5-11)19-17-13(3)18-16-9-6-12(2)10-15(16)17/h4-10H,1-3H3. The van der Waals surface area contributed by atoms with Crippen LogP contribution in [0, 0.1) is 20.8 Å². The molecule has 2 aromatic carbocycles. The maximum atomic E-state index is 5.83. The van der Waals surface area contributed by atoms with E-state index in [9.17, 15) is 0 Å². The van der Waals surface area contributed by atoms with E-state index in [0.717, 1.165) is 11.3 Å². The molecule has 0 amide bonds. The van der Waals surface area contributed by atoms with Gasteiger partial charge in [-0.2, -0.15) is 0 Å². The van der Waals surface area contributed by atoms with Crippen molar-refractivity contribution in [2.24, 2.45) is 0 Å². The Balaban J connectivity index is 2.06. The van der Waals surface area contributed by atoms with Gasteiger partial charge in [-0.25, -0.2) is 0 Å². The Bertz CT molecular complexity index is 723. The number of fused-ring (bicyclic) bond motifs is 1. The van der Waals surface area contributed by atoms with Gasteiger partial charge in [0.05, 0.1) is 4.90 Å². The highest BCUT2D eigenvalue weighted by molar-refractivity contribution is 7.99. The second-order valence-electron chi connectivity index (χ2n) is 4.90. The summed E-state index contributed by atoms with van der Waals surface area (Å²) < 4.78 is 5.83. The zero-order valence-electron chi connectivity index (χ0n) is 11.4. The summed E-state index contributed by atoms with van der Waals surface area (Å²) in [5.74, 6) is 0.992. The molecule has 0 atom stereocenters. The normalized spacial score (nSPS) is 11.1. The van der Waals surface area contributed by atoms with E-state index in [1.807, 2.05) is 6.92 Å². The van der Waals surface area contributed by atoms with Gasteiger partial charge in [0.15, 0.2) is 0 Å². The molecule has 0 bridgehead atoms. The highest BCUT2D eigenvalue weighted by Crippen LogP contribution is 2.38. The number of hydrogen-bond acceptors (Lipinski definition) is 2. The summed E-state index contributed by atoms with van der Waals surface area (Å²) in [5.41, 5.74) is 3.52. The van der Waals surface area contributed by atoms with Gasteiger partial charge in [-0.05, 0) is 45.0 Å². The highest BCUT2D eigenvalue weighted by Gasteiger charge is 2.12. The van der Waals surface area contributed by atoms with Crippen LogP contribution in [0.4, 0.5) is 0 Å². The first kappa shape index (κ1) is 12.4. The highest BCUT2D eigenvalue weighted by atomic mass is 32.2. The van der Waals surface area contributed by atoms with Crippen molar-refractivity contribution in [1.82, 2.24) is 0 Å². The first-order valence-electron chi connectivity index (χ1n) is 6.38. The summed E-state index contributed by atoms with van der Waals surface area (Å²) in [4.78, 5) is 2.47. The Morgan fingerprint density at radius 1 is 0.842 bits per heavy atom. The van der Waals surface area contributed by atoms with Gasteiger partial charge >= 0.3 is 0 Å². The molecular formula is C17H16OS. The van der Waals surface area contributed by atoms with Crippen LogP contribution >= 0.6 is 11.8 Å². The molecule has 0 radical (unpaired) electrons. The fourth-order valence-electron chi connectivity index (χ4n) is 2.16. The quantitative estimate of drug-likeness (QED) is 0.608. The minimum absolute atomic E-state index is 0.970. The van der Waals surface area contributed by atoms with Crippen LogP contribution in [0.1, 0.15) is 16.9 Å². The molecule has 0 aliphatic heterocycles. The lowest BCUT2D eigenvalue weighted by Crippen LogP contribution is -1.77. The summed E-state index contributed by atoms with van der Waals surface area (Å²) in [6, 6.07) is 14.9. The van der Waals surface area contributed by atoms with Gasteiger partial charge in [-0.1, -0.05) is 41.1 Å². The van der Waals surface area contributed by atoms with E-state index in [1.54, 1.807) is 11.8 Å². The lowest BCUT2D eigenvalue weighted by molar-refractivity contribution is 0.568. The average molecular weight is 268 g/mol. The number of aryl methyl sites for hydroxylation is 3. The largest absolute Gasteiger partial charge is 0.460 e. The molecule has 2 heteroatoms. The van der Waals surface area contributed by atoms with Gasteiger partial charge in [-0.3, -0.25) is 0 Å². The smallest absolute Gasteiger partial charge is 0.135 e. The number of hydrogen-bond donors (Lipinski definition) is 0. The third kappa shape index (κ3) is 2.41. The van der Waals surface area contributed by atoms with Gasteiger partial charge in [0, 0.05) is 10.3 Å². The molecule has 1 aromatic heterocycles. The third-order valence-corrected chi connectivity index (χ3v) is 4.42. The van der Waals surface area contributed by atoms with Crippen molar-refractivity contribution in [2.45, 2.75) is 30.6 Å². The second-order valence-corrected chi connectivity index (χ2v) is 5.99. The molecule has 19 heavy (non-hydrogen) atoms. The van der Waals surface area contributed by atoms with Gasteiger partial charge in [0.2, 0.25) is 0 Å². The minimum atomic E-state index is 0.970. The first-order valence-corrected chi connectivity index (χ1v) is 7.19. The van der Waals surface area contributed by atoms with Crippen LogP contribution < -0.4 is 0 Å². The van der Waals surface area contributed by atoms with Crippen LogP contribution in [-0.4, -0.2) is 0 Å². The SMILES string of the molecule is Cc1ccc(Sc2c(C)oc3ccc(C)cc23)cc1. The van der Waals surface area contributed by atoms with Gasteiger partial charge < -0.3 is 4.42 Å².